The lowest BCUT2D eigenvalue weighted by Gasteiger charge is -2.06. The van der Waals surface area contributed by atoms with Crippen LogP contribution in [0, 0.1) is 0 Å². The zero-order chi connectivity index (χ0) is 20.4. The third kappa shape index (κ3) is 4.32. The average molecular weight is 444 g/mol. The van der Waals surface area contributed by atoms with E-state index in [2.05, 4.69) is 20.3 Å². The molecule has 9 heteroatoms. The van der Waals surface area contributed by atoms with E-state index in [4.69, 9.17) is 28.9 Å². The van der Waals surface area contributed by atoms with E-state index >= 15 is 0 Å². The molecule has 0 atom stereocenters. The molecule has 0 saturated heterocycles. The summed E-state index contributed by atoms with van der Waals surface area (Å²) in [7, 11) is 0. The number of fused-ring (bicyclic) bond motifs is 1. The molecule has 0 aliphatic heterocycles. The quantitative estimate of drug-likeness (QED) is 0.469. The molecule has 1 aromatic carbocycles. The van der Waals surface area contributed by atoms with Crippen LogP contribution in [0.5, 0.6) is 0 Å². The zero-order valence-electron chi connectivity index (χ0n) is 15.0. The number of carbonyl (C=O) groups is 1. The van der Waals surface area contributed by atoms with Crippen molar-refractivity contribution in [2.45, 2.75) is 6.42 Å². The number of nitrogens with two attached hydrogens (primary N) is 1. The van der Waals surface area contributed by atoms with E-state index in [1.54, 1.807) is 30.5 Å². The van der Waals surface area contributed by atoms with Crippen LogP contribution in [0.2, 0.25) is 10.0 Å². The molecule has 1 amide bonds. The lowest BCUT2D eigenvalue weighted by atomic mass is 10.1. The Morgan fingerprint density at radius 2 is 2.00 bits per heavy atom. The third-order valence-electron chi connectivity index (χ3n) is 4.21. The van der Waals surface area contributed by atoms with Crippen LogP contribution in [0.25, 0.3) is 21.5 Å². The topological polar surface area (TPSA) is 93.8 Å². The van der Waals surface area contributed by atoms with Crippen molar-refractivity contribution < 1.29 is 4.79 Å². The normalized spacial score (nSPS) is 11.0. The van der Waals surface area contributed by atoms with Gasteiger partial charge in [-0.25, -0.2) is 9.97 Å². The number of halogens is 2. The Kier molecular flexibility index (Phi) is 5.62. The van der Waals surface area contributed by atoms with Crippen molar-refractivity contribution in [3.8, 4) is 11.3 Å². The van der Waals surface area contributed by atoms with Gasteiger partial charge in [0.05, 0.1) is 15.6 Å². The lowest BCUT2D eigenvalue weighted by Crippen LogP contribution is -2.25. The second kappa shape index (κ2) is 8.32. The summed E-state index contributed by atoms with van der Waals surface area (Å²) in [5.74, 6) is -0.0712. The fourth-order valence-electron chi connectivity index (χ4n) is 2.87. The SMILES string of the molecule is Nc1nc(-c2ccc(Cl)cc2Cl)c2cc(C(=O)NCCc3ccccn3)sc2n1. The summed E-state index contributed by atoms with van der Waals surface area (Å²) in [6.07, 6.45) is 2.38. The van der Waals surface area contributed by atoms with E-state index in [-0.39, 0.29) is 11.9 Å². The number of nitrogen functional groups attached to an aromatic ring is 1. The first kappa shape index (κ1) is 19.6. The fourth-order valence-corrected chi connectivity index (χ4v) is 4.33. The van der Waals surface area contributed by atoms with E-state index in [1.165, 1.54) is 11.3 Å². The summed E-state index contributed by atoms with van der Waals surface area (Å²) in [5, 5.41) is 4.59. The Labute approximate surface area is 180 Å². The number of carbonyl (C=O) groups excluding carboxylic acids is 1. The van der Waals surface area contributed by atoms with Crippen LogP contribution in [-0.2, 0) is 6.42 Å². The molecule has 3 aromatic heterocycles. The fraction of sp³-hybridized carbons (Fsp3) is 0.100. The molecule has 4 rings (SSSR count). The van der Waals surface area contributed by atoms with Crippen LogP contribution in [0.3, 0.4) is 0 Å². The summed E-state index contributed by atoms with van der Waals surface area (Å²) in [4.78, 5) is 26.6. The third-order valence-corrected chi connectivity index (χ3v) is 5.79. The van der Waals surface area contributed by atoms with Crippen LogP contribution < -0.4 is 11.1 Å². The molecule has 0 aliphatic rings. The number of pyridine rings is 1. The highest BCUT2D eigenvalue weighted by Gasteiger charge is 2.18. The van der Waals surface area contributed by atoms with Crippen molar-refractivity contribution in [3.05, 3.63) is 69.3 Å². The van der Waals surface area contributed by atoms with E-state index in [9.17, 15) is 4.79 Å². The molecule has 3 heterocycles. The number of anilines is 1. The summed E-state index contributed by atoms with van der Waals surface area (Å²) in [5.41, 5.74) is 8.04. The molecule has 6 nitrogen and oxygen atoms in total. The molecule has 0 bridgehead atoms. The Morgan fingerprint density at radius 3 is 2.76 bits per heavy atom. The highest BCUT2D eigenvalue weighted by molar-refractivity contribution is 7.20. The molecule has 146 valence electrons. The van der Waals surface area contributed by atoms with Gasteiger partial charge in [0.25, 0.3) is 5.91 Å². The van der Waals surface area contributed by atoms with Gasteiger partial charge < -0.3 is 11.1 Å². The van der Waals surface area contributed by atoms with E-state index < -0.39 is 0 Å². The first-order valence-electron chi connectivity index (χ1n) is 8.72. The molecule has 4 aromatic rings. The molecular weight excluding hydrogens is 429 g/mol. The minimum absolute atomic E-state index is 0.113. The van der Waals surface area contributed by atoms with Crippen molar-refractivity contribution in [2.24, 2.45) is 0 Å². The molecule has 0 unspecified atom stereocenters. The number of hydrogen-bond acceptors (Lipinski definition) is 6. The highest BCUT2D eigenvalue weighted by atomic mass is 35.5. The maximum Gasteiger partial charge on any atom is 0.261 e. The van der Waals surface area contributed by atoms with Crippen LogP contribution in [0.15, 0.2) is 48.7 Å². The van der Waals surface area contributed by atoms with Gasteiger partial charge in [0.1, 0.15) is 4.83 Å². The van der Waals surface area contributed by atoms with Crippen LogP contribution >= 0.6 is 34.5 Å². The second-order valence-electron chi connectivity index (χ2n) is 6.21. The predicted molar refractivity (Wildman–Crippen MR) is 118 cm³/mol. The van der Waals surface area contributed by atoms with Gasteiger partial charge in [0.15, 0.2) is 0 Å². The predicted octanol–water partition coefficient (Wildman–Crippen LogP) is 4.61. The van der Waals surface area contributed by atoms with Crippen LogP contribution in [0.4, 0.5) is 5.95 Å². The van der Waals surface area contributed by atoms with Crippen LogP contribution in [0.1, 0.15) is 15.4 Å². The minimum atomic E-state index is -0.185. The monoisotopic (exact) mass is 443 g/mol. The molecule has 0 radical (unpaired) electrons. The van der Waals surface area contributed by atoms with Gasteiger partial charge in [-0.1, -0.05) is 29.3 Å². The number of rotatable bonds is 5. The number of nitrogens with one attached hydrogen (secondary N) is 1. The zero-order valence-corrected chi connectivity index (χ0v) is 17.4. The Hall–Kier alpha value is -2.74. The number of aromatic nitrogens is 3. The largest absolute Gasteiger partial charge is 0.368 e. The van der Waals surface area contributed by atoms with E-state index in [1.807, 2.05) is 18.2 Å². The Morgan fingerprint density at radius 1 is 1.14 bits per heavy atom. The van der Waals surface area contributed by atoms with E-state index in [0.717, 1.165) is 5.69 Å². The summed E-state index contributed by atoms with van der Waals surface area (Å²) >= 11 is 13.6. The summed E-state index contributed by atoms with van der Waals surface area (Å²) in [6, 6.07) is 12.6. The number of thiophene rings is 1. The Bertz CT molecular complexity index is 1200. The molecule has 0 spiro atoms. The molecule has 0 saturated carbocycles. The molecule has 0 fully saturated rings. The van der Waals surface area contributed by atoms with Gasteiger partial charge in [0, 0.05) is 40.8 Å². The maximum absolute atomic E-state index is 12.6. The maximum atomic E-state index is 12.6. The average Bonchev–Trinajstić information content (AvgIpc) is 3.12. The first-order chi connectivity index (χ1) is 14.0. The van der Waals surface area contributed by atoms with Crippen molar-refractivity contribution in [2.75, 3.05) is 12.3 Å². The Balaban J connectivity index is 1.61. The number of amides is 1. The van der Waals surface area contributed by atoms with E-state index in [0.29, 0.717) is 49.4 Å². The summed E-state index contributed by atoms with van der Waals surface area (Å²) < 4.78 is 0. The van der Waals surface area contributed by atoms with Gasteiger partial charge in [-0.05, 0) is 36.4 Å². The van der Waals surface area contributed by atoms with Crippen LogP contribution in [-0.4, -0.2) is 27.4 Å². The number of hydrogen-bond donors (Lipinski definition) is 2. The number of benzene rings is 1. The smallest absolute Gasteiger partial charge is 0.261 e. The second-order valence-corrected chi connectivity index (χ2v) is 8.09. The molecular formula is C20H15Cl2N5OS. The van der Waals surface area contributed by atoms with Gasteiger partial charge in [-0.15, -0.1) is 11.3 Å². The molecule has 3 N–H and O–H groups in total. The van der Waals surface area contributed by atoms with Crippen molar-refractivity contribution in [1.82, 2.24) is 20.3 Å². The first-order valence-corrected chi connectivity index (χ1v) is 10.3. The highest BCUT2D eigenvalue weighted by Crippen LogP contribution is 2.36. The lowest BCUT2D eigenvalue weighted by molar-refractivity contribution is 0.0958. The molecule has 0 aliphatic carbocycles. The standard InChI is InChI=1S/C20H15Cl2N5OS/c21-11-4-5-13(15(22)9-11)17-14-10-16(29-19(14)27-20(23)26-17)18(28)25-8-6-12-3-1-2-7-24-12/h1-5,7,9-10H,6,8H2,(H,25,28)(H2,23,26,27). The van der Waals surface area contributed by atoms with Gasteiger partial charge >= 0.3 is 0 Å². The van der Waals surface area contributed by atoms with Gasteiger partial charge in [-0.3, -0.25) is 9.78 Å². The number of nitrogens with zero attached hydrogens (tertiary/aromatic N) is 3. The summed E-state index contributed by atoms with van der Waals surface area (Å²) in [6.45, 7) is 0.480. The molecule has 29 heavy (non-hydrogen) atoms. The van der Waals surface area contributed by atoms with Crippen molar-refractivity contribution >= 4 is 56.6 Å². The van der Waals surface area contributed by atoms with Crippen molar-refractivity contribution in [3.63, 3.8) is 0 Å². The minimum Gasteiger partial charge on any atom is -0.368 e. The van der Waals surface area contributed by atoms with Crippen molar-refractivity contribution in [1.29, 1.82) is 0 Å². The van der Waals surface area contributed by atoms with Gasteiger partial charge in [-0.2, -0.15) is 0 Å². The van der Waals surface area contributed by atoms with Gasteiger partial charge in [0.2, 0.25) is 5.95 Å².